The first-order chi connectivity index (χ1) is 24.1. The minimum atomic E-state index is -0.747. The third kappa shape index (κ3) is 8.11. The van der Waals surface area contributed by atoms with Crippen molar-refractivity contribution in [2.45, 2.75) is 38.9 Å². The van der Waals surface area contributed by atoms with E-state index in [9.17, 15) is 24.3 Å². The fourth-order valence-corrected chi connectivity index (χ4v) is 5.55. The number of halogens is 2. The monoisotopic (exact) mass is 711 g/mol. The molecule has 1 aliphatic carbocycles. The number of carbonyl (C=O) groups is 3. The predicted molar refractivity (Wildman–Crippen MR) is 192 cm³/mol. The third-order valence-electron chi connectivity index (χ3n) is 7.87. The van der Waals surface area contributed by atoms with Crippen LogP contribution in [-0.4, -0.2) is 43.8 Å². The van der Waals surface area contributed by atoms with Gasteiger partial charge in [0.15, 0.2) is 0 Å². The number of anilines is 2. The Bertz CT molecular complexity index is 2150. The second-order valence-electron chi connectivity index (χ2n) is 11.6. The topological polar surface area (TPSA) is 167 Å². The number of amides is 4. The molecule has 14 heteroatoms. The van der Waals surface area contributed by atoms with Gasteiger partial charge in [0.2, 0.25) is 0 Å². The number of aromatic hydroxyl groups is 1. The summed E-state index contributed by atoms with van der Waals surface area (Å²) in [6, 6.07) is 19.6. The number of aryl methyl sites for hydroxylation is 1. The highest BCUT2D eigenvalue weighted by molar-refractivity contribution is 6.39. The van der Waals surface area contributed by atoms with Gasteiger partial charge in [0.1, 0.15) is 11.4 Å². The van der Waals surface area contributed by atoms with Crippen molar-refractivity contribution in [2.24, 2.45) is 0 Å². The summed E-state index contributed by atoms with van der Waals surface area (Å²) in [5, 5.41) is 25.3. The molecule has 2 heterocycles. The van der Waals surface area contributed by atoms with Gasteiger partial charge in [-0.25, -0.2) is 9.48 Å². The molecule has 0 radical (unpaired) electrons. The van der Waals surface area contributed by atoms with Gasteiger partial charge >= 0.3 is 6.03 Å². The minimum Gasteiger partial charge on any atom is -0.508 e. The van der Waals surface area contributed by atoms with Crippen LogP contribution >= 0.6 is 23.2 Å². The van der Waals surface area contributed by atoms with Crippen molar-refractivity contribution in [3.63, 3.8) is 0 Å². The van der Waals surface area contributed by atoms with E-state index in [0.29, 0.717) is 27.9 Å². The lowest BCUT2D eigenvalue weighted by Gasteiger charge is -2.14. The average Bonchev–Trinajstić information content (AvgIpc) is 3.94. The summed E-state index contributed by atoms with van der Waals surface area (Å²) in [7, 11) is 0. The van der Waals surface area contributed by atoms with Crippen LogP contribution in [0.4, 0.5) is 16.2 Å². The number of carbonyl (C=O) groups excluding carboxylic acids is 3. The summed E-state index contributed by atoms with van der Waals surface area (Å²) in [5.74, 6) is -0.533. The summed E-state index contributed by atoms with van der Waals surface area (Å²) >= 11 is 12.3. The van der Waals surface area contributed by atoms with E-state index < -0.39 is 11.6 Å². The Morgan fingerprint density at radius 3 is 2.22 bits per heavy atom. The fraction of sp³-hybridized carbons (Fsp3) is 0.167. The Hall–Kier alpha value is -5.72. The molecule has 0 unspecified atom stereocenters. The van der Waals surface area contributed by atoms with Gasteiger partial charge in [0.25, 0.3) is 17.4 Å². The molecule has 12 nitrogen and oxygen atoms in total. The van der Waals surface area contributed by atoms with Crippen molar-refractivity contribution >= 4 is 52.4 Å². The van der Waals surface area contributed by atoms with Gasteiger partial charge in [-0.05, 0) is 78.9 Å². The second kappa shape index (κ2) is 14.8. The van der Waals surface area contributed by atoms with Crippen LogP contribution in [0.1, 0.15) is 46.0 Å². The van der Waals surface area contributed by atoms with E-state index in [0.717, 1.165) is 18.4 Å². The molecule has 4 amide bonds. The normalized spacial score (nSPS) is 12.2. The zero-order valence-corrected chi connectivity index (χ0v) is 28.2. The van der Waals surface area contributed by atoms with Gasteiger partial charge in [-0.2, -0.15) is 5.10 Å². The Labute approximate surface area is 296 Å². The maximum Gasteiger partial charge on any atom is 0.323 e. The molecular weight excluding hydrogens is 681 g/mol. The van der Waals surface area contributed by atoms with Gasteiger partial charge in [-0.3, -0.25) is 19.4 Å². The zero-order chi connectivity index (χ0) is 35.4. The van der Waals surface area contributed by atoms with E-state index >= 15 is 0 Å². The summed E-state index contributed by atoms with van der Waals surface area (Å²) in [5.41, 5.74) is 3.29. The molecule has 1 fully saturated rings. The van der Waals surface area contributed by atoms with E-state index in [4.69, 9.17) is 23.2 Å². The van der Waals surface area contributed by atoms with Gasteiger partial charge in [-0.15, -0.1) is 0 Å². The molecule has 2 aromatic heterocycles. The minimum absolute atomic E-state index is 0.0348. The van der Waals surface area contributed by atoms with Crippen LogP contribution in [0.2, 0.25) is 10.0 Å². The van der Waals surface area contributed by atoms with Crippen LogP contribution in [0.15, 0.2) is 90.0 Å². The molecule has 0 aliphatic heterocycles. The molecule has 1 saturated carbocycles. The molecule has 0 atom stereocenters. The highest BCUT2D eigenvalue weighted by Crippen LogP contribution is 2.30. The number of pyridine rings is 1. The third-order valence-corrected chi connectivity index (χ3v) is 8.44. The highest BCUT2D eigenvalue weighted by Gasteiger charge is 2.25. The lowest BCUT2D eigenvalue weighted by Crippen LogP contribution is -2.29. The van der Waals surface area contributed by atoms with Gasteiger partial charge in [0.05, 0.1) is 21.4 Å². The summed E-state index contributed by atoms with van der Waals surface area (Å²) in [6.45, 7) is 2.20. The molecule has 1 aliphatic rings. The van der Waals surface area contributed by atoms with Crippen molar-refractivity contribution in [1.29, 1.82) is 0 Å². The van der Waals surface area contributed by atoms with Crippen molar-refractivity contribution in [3.8, 4) is 28.1 Å². The number of aromatic nitrogens is 3. The molecule has 50 heavy (non-hydrogen) atoms. The van der Waals surface area contributed by atoms with Crippen LogP contribution < -0.4 is 26.8 Å². The summed E-state index contributed by atoms with van der Waals surface area (Å²) in [6.07, 6.45) is 4.47. The number of phenols is 1. The van der Waals surface area contributed by atoms with E-state index in [1.165, 1.54) is 23.1 Å². The Balaban J connectivity index is 1.31. The number of nitrogens with zero attached hydrogens (tertiary/aromatic N) is 3. The van der Waals surface area contributed by atoms with Crippen LogP contribution in [0.3, 0.4) is 0 Å². The first kappa shape index (κ1) is 34.2. The number of hydrogen-bond donors (Lipinski definition) is 5. The molecule has 0 spiro atoms. The predicted octanol–water partition coefficient (Wildman–Crippen LogP) is 6.47. The number of hydrogen-bond acceptors (Lipinski definition) is 7. The van der Waals surface area contributed by atoms with Crippen LogP contribution in [0.5, 0.6) is 5.75 Å². The maximum atomic E-state index is 13.4. The lowest BCUT2D eigenvalue weighted by atomic mass is 9.97. The van der Waals surface area contributed by atoms with Crippen LogP contribution in [-0.2, 0) is 13.1 Å². The molecule has 0 bridgehead atoms. The quantitative estimate of drug-likeness (QED) is 0.111. The Morgan fingerprint density at radius 1 is 0.860 bits per heavy atom. The molecule has 5 N–H and O–H groups in total. The number of phenolic OH excluding ortho intramolecular Hbond substituents is 1. The standard InChI is InChI=1S/C36H31Cl2N7O5/c1-2-45-35(49)31(42-36(50)43-32-28(37)18-39-19-29(32)38)16-30(44-45)22-5-3-4-21(12-22)23-13-24(15-25(14-23)34(48)41-26-8-9-26)33(47)40-17-20-6-10-27(46)11-7-20/h3-7,10-16,18-19,26,46H,2,8-9,17H2,1H3,(H,40,47)(H,41,48)(H2,39,42,43,50). The van der Waals surface area contributed by atoms with E-state index in [1.54, 1.807) is 61.5 Å². The maximum absolute atomic E-state index is 13.4. The molecule has 3 aromatic carbocycles. The van der Waals surface area contributed by atoms with Crippen LogP contribution in [0, 0.1) is 0 Å². The SMILES string of the molecule is CCn1nc(-c2cccc(-c3cc(C(=O)NCc4ccc(O)cc4)cc(C(=O)NC4CC4)c3)c2)cc(NC(=O)Nc2c(Cl)cncc2Cl)c1=O. The first-order valence-electron chi connectivity index (χ1n) is 15.7. The largest absolute Gasteiger partial charge is 0.508 e. The first-order valence-corrected chi connectivity index (χ1v) is 16.5. The van der Waals surface area contributed by atoms with E-state index in [1.807, 2.05) is 12.1 Å². The van der Waals surface area contributed by atoms with E-state index in [2.05, 4.69) is 31.3 Å². The summed E-state index contributed by atoms with van der Waals surface area (Å²) in [4.78, 5) is 56.4. The smallest absolute Gasteiger partial charge is 0.323 e. The average molecular weight is 713 g/mol. The number of urea groups is 1. The lowest BCUT2D eigenvalue weighted by molar-refractivity contribution is 0.0950. The zero-order valence-electron chi connectivity index (χ0n) is 26.7. The van der Waals surface area contributed by atoms with E-state index in [-0.39, 0.29) is 63.7 Å². The Kier molecular flexibility index (Phi) is 10.1. The van der Waals surface area contributed by atoms with Crippen molar-refractivity contribution in [3.05, 3.63) is 122 Å². The Morgan fingerprint density at radius 2 is 1.54 bits per heavy atom. The second-order valence-corrected chi connectivity index (χ2v) is 12.4. The van der Waals surface area contributed by atoms with Crippen molar-refractivity contribution in [1.82, 2.24) is 25.4 Å². The van der Waals surface area contributed by atoms with Crippen LogP contribution in [0.25, 0.3) is 22.4 Å². The molecule has 0 saturated heterocycles. The molecule has 6 rings (SSSR count). The van der Waals surface area contributed by atoms with Gasteiger partial charge < -0.3 is 26.4 Å². The van der Waals surface area contributed by atoms with Gasteiger partial charge in [-0.1, -0.05) is 53.5 Å². The summed E-state index contributed by atoms with van der Waals surface area (Å²) < 4.78 is 1.23. The number of nitrogens with one attached hydrogen (secondary N) is 4. The molecule has 5 aromatic rings. The molecular formula is C36H31Cl2N7O5. The molecule has 254 valence electrons. The fourth-order valence-electron chi connectivity index (χ4n) is 5.09. The van der Waals surface area contributed by atoms with Crippen molar-refractivity contribution in [2.75, 3.05) is 10.6 Å². The number of benzene rings is 3. The van der Waals surface area contributed by atoms with Crippen molar-refractivity contribution < 1.29 is 19.5 Å². The van der Waals surface area contributed by atoms with Gasteiger partial charge in [0, 0.05) is 48.2 Å². The highest BCUT2D eigenvalue weighted by atomic mass is 35.5. The number of rotatable bonds is 10.